The highest BCUT2D eigenvalue weighted by molar-refractivity contribution is 5.85. The molecule has 0 radical (unpaired) electrons. The Bertz CT molecular complexity index is 460. The number of piperazine rings is 1. The molecule has 0 bridgehead atoms. The lowest BCUT2D eigenvalue weighted by Crippen LogP contribution is -2.46. The molecule has 1 N–H and O–H groups in total. The van der Waals surface area contributed by atoms with E-state index in [1.54, 1.807) is 23.1 Å². The van der Waals surface area contributed by atoms with Crippen LogP contribution in [-0.2, 0) is 0 Å². The first-order valence-electron chi connectivity index (χ1n) is 6.39. The number of rotatable bonds is 3. The second kappa shape index (κ2) is 7.98. The molecule has 1 aromatic rings. The zero-order chi connectivity index (χ0) is 13.2. The zero-order valence-corrected chi connectivity index (χ0v) is 12.9. The van der Waals surface area contributed by atoms with Gasteiger partial charge in [0.05, 0.1) is 0 Å². The Hall–Kier alpha value is -0.820. The van der Waals surface area contributed by atoms with Gasteiger partial charge in [-0.25, -0.2) is 8.78 Å². The number of hydrogen-bond acceptors (Lipinski definition) is 4. The predicted octanol–water partition coefficient (Wildman–Crippen LogP) is 2.47. The van der Waals surface area contributed by atoms with Gasteiger partial charge in [-0.2, -0.15) is 0 Å². The minimum Gasteiger partial charge on any atom is -0.454 e. The van der Waals surface area contributed by atoms with E-state index in [-0.39, 0.29) is 31.6 Å². The molecule has 4 nitrogen and oxygen atoms in total. The first kappa shape index (κ1) is 18.2. The molecule has 0 spiro atoms. The third kappa shape index (κ3) is 3.69. The molecule has 8 heteroatoms. The number of ether oxygens (including phenoxy) is 2. The third-order valence-corrected chi connectivity index (χ3v) is 3.53. The number of nitrogens with zero attached hydrogens (tertiary/aromatic N) is 1. The maximum Gasteiger partial charge on any atom is 0.258 e. The van der Waals surface area contributed by atoms with Gasteiger partial charge in [0.2, 0.25) is 6.79 Å². The van der Waals surface area contributed by atoms with Gasteiger partial charge in [0.25, 0.3) is 6.43 Å². The van der Waals surface area contributed by atoms with Crippen LogP contribution in [-0.4, -0.2) is 44.3 Å². The normalized spacial score (nSPS) is 18.8. The summed E-state index contributed by atoms with van der Waals surface area (Å²) in [5, 5.41) is 3.17. The van der Waals surface area contributed by atoms with Crippen molar-refractivity contribution in [1.82, 2.24) is 10.2 Å². The molecule has 120 valence electrons. The van der Waals surface area contributed by atoms with E-state index in [0.29, 0.717) is 30.2 Å². The summed E-state index contributed by atoms with van der Waals surface area (Å²) in [5.74, 6) is 1.02. The lowest BCUT2D eigenvalue weighted by atomic mass is 10.0. The molecule has 3 rings (SSSR count). The summed E-state index contributed by atoms with van der Waals surface area (Å²) >= 11 is 0. The van der Waals surface area contributed by atoms with E-state index in [1.807, 2.05) is 0 Å². The molecule has 0 amide bonds. The Labute approximate surface area is 134 Å². The number of nitrogens with one attached hydrogen (secondary N) is 1. The van der Waals surface area contributed by atoms with Crippen LogP contribution >= 0.6 is 24.8 Å². The van der Waals surface area contributed by atoms with E-state index in [1.165, 1.54) is 0 Å². The number of para-hydroxylation sites is 1. The number of hydrogen-bond donors (Lipinski definition) is 1. The van der Waals surface area contributed by atoms with Crippen molar-refractivity contribution >= 4 is 24.8 Å². The number of alkyl halides is 2. The summed E-state index contributed by atoms with van der Waals surface area (Å²) < 4.78 is 37.6. The van der Waals surface area contributed by atoms with Crippen molar-refractivity contribution in [3.8, 4) is 11.5 Å². The second-order valence-corrected chi connectivity index (χ2v) is 4.65. The van der Waals surface area contributed by atoms with Gasteiger partial charge in [-0.15, -0.1) is 24.8 Å². The summed E-state index contributed by atoms with van der Waals surface area (Å²) in [7, 11) is 0. The lowest BCUT2D eigenvalue weighted by Gasteiger charge is -2.34. The van der Waals surface area contributed by atoms with Crippen molar-refractivity contribution in [2.75, 3.05) is 33.0 Å². The van der Waals surface area contributed by atoms with Crippen LogP contribution in [0.1, 0.15) is 11.6 Å². The molecule has 0 aromatic heterocycles. The molecule has 1 fully saturated rings. The highest BCUT2D eigenvalue weighted by Crippen LogP contribution is 2.42. The number of fused-ring (bicyclic) bond motifs is 1. The van der Waals surface area contributed by atoms with Gasteiger partial charge in [0.1, 0.15) is 6.04 Å². The molecule has 1 aromatic carbocycles. The van der Waals surface area contributed by atoms with Crippen molar-refractivity contribution in [3.05, 3.63) is 23.8 Å². The van der Waals surface area contributed by atoms with E-state index in [0.717, 1.165) is 13.1 Å². The van der Waals surface area contributed by atoms with Crippen LogP contribution in [0, 0.1) is 0 Å². The van der Waals surface area contributed by atoms with Crippen LogP contribution in [0.15, 0.2) is 18.2 Å². The molecule has 0 unspecified atom stereocenters. The fourth-order valence-corrected chi connectivity index (χ4v) is 2.64. The van der Waals surface area contributed by atoms with Crippen LogP contribution in [0.25, 0.3) is 0 Å². The van der Waals surface area contributed by atoms with E-state index in [4.69, 9.17) is 9.47 Å². The first-order chi connectivity index (χ1) is 9.27. The monoisotopic (exact) mass is 342 g/mol. The Morgan fingerprint density at radius 3 is 2.48 bits per heavy atom. The highest BCUT2D eigenvalue weighted by Gasteiger charge is 2.34. The van der Waals surface area contributed by atoms with Crippen molar-refractivity contribution < 1.29 is 18.3 Å². The van der Waals surface area contributed by atoms with Crippen molar-refractivity contribution in [2.24, 2.45) is 0 Å². The van der Waals surface area contributed by atoms with Crippen LogP contribution < -0.4 is 14.8 Å². The predicted molar refractivity (Wildman–Crippen MR) is 80.2 cm³/mol. The SMILES string of the molecule is Cl.Cl.FC(F)[C@@H](c1cccc2c1OCO2)N1CCNCC1. The Morgan fingerprint density at radius 2 is 1.81 bits per heavy atom. The highest BCUT2D eigenvalue weighted by atomic mass is 35.5. The van der Waals surface area contributed by atoms with Gasteiger partial charge in [0, 0.05) is 31.7 Å². The van der Waals surface area contributed by atoms with Gasteiger partial charge in [-0.05, 0) is 6.07 Å². The second-order valence-electron chi connectivity index (χ2n) is 4.65. The molecule has 2 aliphatic rings. The first-order valence-corrected chi connectivity index (χ1v) is 6.39. The summed E-state index contributed by atoms with van der Waals surface area (Å²) in [4.78, 5) is 1.80. The standard InChI is InChI=1S/C13H16F2N2O2.2ClH/c14-13(15)11(17-6-4-16-5-7-17)9-2-1-3-10-12(9)19-8-18-10;;/h1-3,11,13,16H,4-8H2;2*1H/t11-;;/m1../s1. The van der Waals surface area contributed by atoms with Gasteiger partial charge in [0.15, 0.2) is 11.5 Å². The fraction of sp³-hybridized carbons (Fsp3) is 0.538. The summed E-state index contributed by atoms with van der Waals surface area (Å²) in [6, 6.07) is 4.25. The molecular formula is C13H18Cl2F2N2O2. The average molecular weight is 343 g/mol. The minimum atomic E-state index is -2.45. The topological polar surface area (TPSA) is 33.7 Å². The molecule has 0 saturated carbocycles. The van der Waals surface area contributed by atoms with Gasteiger partial charge in [-0.3, -0.25) is 4.90 Å². The zero-order valence-electron chi connectivity index (χ0n) is 11.3. The summed E-state index contributed by atoms with van der Waals surface area (Å²) in [5.41, 5.74) is 0.520. The van der Waals surface area contributed by atoms with Gasteiger partial charge >= 0.3 is 0 Å². The van der Waals surface area contributed by atoms with Crippen LogP contribution in [0.2, 0.25) is 0 Å². The fourth-order valence-electron chi connectivity index (χ4n) is 2.64. The molecule has 0 aliphatic carbocycles. The lowest BCUT2D eigenvalue weighted by molar-refractivity contribution is 0.0168. The van der Waals surface area contributed by atoms with Crippen molar-refractivity contribution in [3.63, 3.8) is 0 Å². The smallest absolute Gasteiger partial charge is 0.258 e. The number of halogens is 4. The van der Waals surface area contributed by atoms with E-state index in [9.17, 15) is 8.78 Å². The summed E-state index contributed by atoms with van der Waals surface area (Å²) in [6.45, 7) is 2.79. The third-order valence-electron chi connectivity index (χ3n) is 3.53. The molecule has 21 heavy (non-hydrogen) atoms. The minimum absolute atomic E-state index is 0. The molecule has 1 saturated heterocycles. The summed E-state index contributed by atoms with van der Waals surface area (Å²) in [6.07, 6.45) is -2.45. The molecule has 1 atom stereocenters. The Balaban J connectivity index is 0.00000110. The van der Waals surface area contributed by atoms with E-state index >= 15 is 0 Å². The van der Waals surface area contributed by atoms with Crippen molar-refractivity contribution in [1.29, 1.82) is 0 Å². The largest absolute Gasteiger partial charge is 0.454 e. The molecule has 2 aliphatic heterocycles. The molecule has 2 heterocycles. The van der Waals surface area contributed by atoms with Gasteiger partial charge in [-0.1, -0.05) is 12.1 Å². The average Bonchev–Trinajstić information content (AvgIpc) is 2.89. The van der Waals surface area contributed by atoms with Gasteiger partial charge < -0.3 is 14.8 Å². The van der Waals surface area contributed by atoms with E-state index < -0.39 is 12.5 Å². The Morgan fingerprint density at radius 1 is 1.10 bits per heavy atom. The molecular weight excluding hydrogens is 325 g/mol. The van der Waals surface area contributed by atoms with Crippen LogP contribution in [0.3, 0.4) is 0 Å². The quantitative estimate of drug-likeness (QED) is 0.914. The Kier molecular flexibility index (Phi) is 6.93. The maximum absolute atomic E-state index is 13.5. The number of benzene rings is 1. The van der Waals surface area contributed by atoms with E-state index in [2.05, 4.69) is 5.32 Å². The van der Waals surface area contributed by atoms with Crippen LogP contribution in [0.4, 0.5) is 8.78 Å². The van der Waals surface area contributed by atoms with Crippen molar-refractivity contribution in [2.45, 2.75) is 12.5 Å². The van der Waals surface area contributed by atoms with Crippen LogP contribution in [0.5, 0.6) is 11.5 Å². The maximum atomic E-state index is 13.5.